The van der Waals surface area contributed by atoms with Gasteiger partial charge in [-0.1, -0.05) is 17.7 Å². The summed E-state index contributed by atoms with van der Waals surface area (Å²) in [5.74, 6) is 1.55. The van der Waals surface area contributed by atoms with Crippen LogP contribution >= 0.6 is 11.3 Å². The van der Waals surface area contributed by atoms with Crippen molar-refractivity contribution in [2.75, 3.05) is 12.1 Å². The molecule has 1 aliphatic rings. The van der Waals surface area contributed by atoms with Gasteiger partial charge < -0.3 is 14.8 Å². The maximum absolute atomic E-state index is 5.40. The van der Waals surface area contributed by atoms with E-state index in [-0.39, 0.29) is 6.79 Å². The van der Waals surface area contributed by atoms with Crippen molar-refractivity contribution in [3.05, 3.63) is 52.9 Å². The highest BCUT2D eigenvalue weighted by Gasteiger charge is 2.14. The van der Waals surface area contributed by atoms with E-state index >= 15 is 0 Å². The smallest absolute Gasteiger partial charge is 0.231 e. The van der Waals surface area contributed by atoms with Crippen LogP contribution in [0.4, 0.5) is 10.8 Å². The van der Waals surface area contributed by atoms with Crippen molar-refractivity contribution >= 4 is 22.2 Å². The summed E-state index contributed by atoms with van der Waals surface area (Å²) in [4.78, 5) is 4.71. The lowest BCUT2D eigenvalue weighted by molar-refractivity contribution is 0.174. The maximum Gasteiger partial charge on any atom is 0.231 e. The molecule has 0 aliphatic carbocycles. The third-order valence-electron chi connectivity index (χ3n) is 3.80. The van der Waals surface area contributed by atoms with E-state index < -0.39 is 0 Å². The number of fused-ring (bicyclic) bond motifs is 1. The van der Waals surface area contributed by atoms with Crippen LogP contribution in [0.5, 0.6) is 11.5 Å². The van der Waals surface area contributed by atoms with E-state index in [1.165, 1.54) is 16.7 Å². The molecule has 4 nitrogen and oxygen atoms in total. The van der Waals surface area contributed by atoms with Crippen LogP contribution in [-0.4, -0.2) is 11.8 Å². The predicted octanol–water partition coefficient (Wildman–Crippen LogP) is 4.90. The summed E-state index contributed by atoms with van der Waals surface area (Å²) in [5.41, 5.74) is 5.59. The molecule has 116 valence electrons. The zero-order valence-corrected chi connectivity index (χ0v) is 13.7. The fraction of sp³-hybridized carbons (Fsp3) is 0.167. The number of anilines is 2. The first-order valence-corrected chi connectivity index (χ1v) is 8.27. The number of nitrogens with zero attached hydrogens (tertiary/aromatic N) is 1. The molecule has 1 aliphatic heterocycles. The Morgan fingerprint density at radius 2 is 1.91 bits per heavy atom. The maximum atomic E-state index is 5.40. The molecule has 2 aromatic carbocycles. The van der Waals surface area contributed by atoms with Crippen molar-refractivity contribution in [3.8, 4) is 22.8 Å². The molecule has 0 spiro atoms. The van der Waals surface area contributed by atoms with Crippen molar-refractivity contribution in [1.82, 2.24) is 4.98 Å². The van der Waals surface area contributed by atoms with Gasteiger partial charge in [-0.3, -0.25) is 0 Å². The standard InChI is InChI=1S/C18H16N2O2S/c1-11-3-4-12(2)14(7-11)15-9-23-18(20-15)19-13-5-6-16-17(8-13)22-10-21-16/h3-9H,10H2,1-2H3,(H,19,20). The third-order valence-corrected chi connectivity index (χ3v) is 4.55. The summed E-state index contributed by atoms with van der Waals surface area (Å²) in [5, 5.41) is 6.27. The molecule has 5 heteroatoms. The summed E-state index contributed by atoms with van der Waals surface area (Å²) in [6.45, 7) is 4.49. The summed E-state index contributed by atoms with van der Waals surface area (Å²) in [6.07, 6.45) is 0. The topological polar surface area (TPSA) is 43.4 Å². The third kappa shape index (κ3) is 2.75. The number of rotatable bonds is 3. The van der Waals surface area contributed by atoms with Gasteiger partial charge in [-0.05, 0) is 37.6 Å². The molecule has 3 aromatic rings. The zero-order chi connectivity index (χ0) is 15.8. The molecule has 0 unspecified atom stereocenters. The second-order valence-corrected chi connectivity index (χ2v) is 6.41. The highest BCUT2D eigenvalue weighted by atomic mass is 32.1. The van der Waals surface area contributed by atoms with Crippen LogP contribution in [0.1, 0.15) is 11.1 Å². The fourth-order valence-electron chi connectivity index (χ4n) is 2.56. The summed E-state index contributed by atoms with van der Waals surface area (Å²) in [7, 11) is 0. The lowest BCUT2D eigenvalue weighted by atomic mass is 10.0. The Labute approximate surface area is 138 Å². The average molecular weight is 324 g/mol. The summed E-state index contributed by atoms with van der Waals surface area (Å²) >= 11 is 1.59. The Hall–Kier alpha value is -2.53. The van der Waals surface area contributed by atoms with Gasteiger partial charge in [0.05, 0.1) is 5.69 Å². The van der Waals surface area contributed by atoms with Gasteiger partial charge in [0.25, 0.3) is 0 Å². The Morgan fingerprint density at radius 1 is 1.04 bits per heavy atom. The molecule has 0 saturated carbocycles. The zero-order valence-electron chi connectivity index (χ0n) is 12.9. The van der Waals surface area contributed by atoms with Crippen molar-refractivity contribution < 1.29 is 9.47 Å². The molecule has 1 N–H and O–H groups in total. The largest absolute Gasteiger partial charge is 0.454 e. The van der Waals surface area contributed by atoms with Crippen molar-refractivity contribution in [2.24, 2.45) is 0 Å². The number of nitrogens with one attached hydrogen (secondary N) is 1. The van der Waals surface area contributed by atoms with E-state index in [1.807, 2.05) is 18.2 Å². The molecule has 0 fully saturated rings. The van der Waals surface area contributed by atoms with Crippen LogP contribution in [0.25, 0.3) is 11.3 Å². The predicted molar refractivity (Wildman–Crippen MR) is 92.9 cm³/mol. The second-order valence-electron chi connectivity index (χ2n) is 5.55. The van der Waals surface area contributed by atoms with Gasteiger partial charge in [-0.2, -0.15) is 0 Å². The first-order chi connectivity index (χ1) is 11.2. The van der Waals surface area contributed by atoms with Gasteiger partial charge in [0.1, 0.15) is 0 Å². The first kappa shape index (κ1) is 14.1. The number of ether oxygens (including phenoxy) is 2. The molecule has 23 heavy (non-hydrogen) atoms. The van der Waals surface area contributed by atoms with E-state index in [0.29, 0.717) is 0 Å². The highest BCUT2D eigenvalue weighted by Crippen LogP contribution is 2.36. The molecule has 0 saturated heterocycles. The van der Waals surface area contributed by atoms with Crippen molar-refractivity contribution in [2.45, 2.75) is 13.8 Å². The molecule has 4 rings (SSSR count). The number of hydrogen-bond donors (Lipinski definition) is 1. The van der Waals surface area contributed by atoms with Gasteiger partial charge in [-0.25, -0.2) is 4.98 Å². The molecule has 1 aromatic heterocycles. The number of benzene rings is 2. The number of thiazole rings is 1. The Kier molecular flexibility index (Phi) is 3.42. The van der Waals surface area contributed by atoms with Crippen molar-refractivity contribution in [1.29, 1.82) is 0 Å². The van der Waals surface area contributed by atoms with Crippen LogP contribution in [0, 0.1) is 13.8 Å². The van der Waals surface area contributed by atoms with Gasteiger partial charge in [0.2, 0.25) is 6.79 Å². The molecular formula is C18H16N2O2S. The number of aromatic nitrogens is 1. The van der Waals surface area contributed by atoms with Crippen LogP contribution < -0.4 is 14.8 Å². The van der Waals surface area contributed by atoms with Crippen LogP contribution in [0.2, 0.25) is 0 Å². The van der Waals surface area contributed by atoms with E-state index in [9.17, 15) is 0 Å². The van der Waals surface area contributed by atoms with Gasteiger partial charge >= 0.3 is 0 Å². The summed E-state index contributed by atoms with van der Waals surface area (Å²) in [6, 6.07) is 12.2. The quantitative estimate of drug-likeness (QED) is 0.744. The molecule has 0 amide bonds. The normalized spacial score (nSPS) is 12.4. The minimum Gasteiger partial charge on any atom is -0.454 e. The Bertz CT molecular complexity index is 873. The van der Waals surface area contributed by atoms with Crippen molar-refractivity contribution in [3.63, 3.8) is 0 Å². The first-order valence-electron chi connectivity index (χ1n) is 7.39. The highest BCUT2D eigenvalue weighted by molar-refractivity contribution is 7.14. The van der Waals surface area contributed by atoms with E-state index in [0.717, 1.165) is 28.0 Å². The number of hydrogen-bond acceptors (Lipinski definition) is 5. The lowest BCUT2D eigenvalue weighted by Crippen LogP contribution is -1.93. The average Bonchev–Trinajstić information content (AvgIpc) is 3.18. The van der Waals surface area contributed by atoms with Gasteiger partial charge in [0, 0.05) is 22.7 Å². The second kappa shape index (κ2) is 5.59. The molecule has 0 bridgehead atoms. The van der Waals surface area contributed by atoms with Crippen LogP contribution in [-0.2, 0) is 0 Å². The van der Waals surface area contributed by atoms with Crippen LogP contribution in [0.3, 0.4) is 0 Å². The Balaban J connectivity index is 1.60. The van der Waals surface area contributed by atoms with Crippen LogP contribution in [0.15, 0.2) is 41.8 Å². The van der Waals surface area contributed by atoms with Gasteiger partial charge in [0.15, 0.2) is 16.6 Å². The molecule has 2 heterocycles. The van der Waals surface area contributed by atoms with E-state index in [4.69, 9.17) is 14.5 Å². The Morgan fingerprint density at radius 3 is 2.83 bits per heavy atom. The minimum atomic E-state index is 0.285. The molecular weight excluding hydrogens is 308 g/mol. The SMILES string of the molecule is Cc1ccc(C)c(-c2csc(Nc3ccc4c(c3)OCO4)n2)c1. The minimum absolute atomic E-state index is 0.285. The van der Waals surface area contributed by atoms with E-state index in [2.05, 4.69) is 42.7 Å². The molecule has 0 radical (unpaired) electrons. The summed E-state index contributed by atoms with van der Waals surface area (Å²) < 4.78 is 10.7. The van der Waals surface area contributed by atoms with E-state index in [1.54, 1.807) is 11.3 Å². The molecule has 0 atom stereocenters. The fourth-order valence-corrected chi connectivity index (χ4v) is 3.30. The van der Waals surface area contributed by atoms with Gasteiger partial charge in [-0.15, -0.1) is 11.3 Å². The monoisotopic (exact) mass is 324 g/mol. The lowest BCUT2D eigenvalue weighted by Gasteiger charge is -2.05. The number of aryl methyl sites for hydroxylation is 2.